The van der Waals surface area contributed by atoms with Crippen LogP contribution in [0.25, 0.3) is 11.1 Å². The highest BCUT2D eigenvalue weighted by Crippen LogP contribution is 2.43. The summed E-state index contributed by atoms with van der Waals surface area (Å²) < 4.78 is 19.3. The summed E-state index contributed by atoms with van der Waals surface area (Å²) in [7, 11) is 0. The number of aliphatic hydroxyl groups is 1. The molecule has 1 aliphatic rings. The standard InChI is InChI=1S/C44H41N3O5S/c1-30-40(29-53-41-15-5-6-24-45-41)51-43(52-42(30)33-18-16-31(28-48)17-19-33)36-12-8-11-35(26-36)34-10-7-9-32(25-34)27-46-44(49)47-37-20-22-39(23-21-37)50-38-13-3-2-4-14-38/h2-26,30,40,42-43,48H,27-29H2,1H3,(H2,46,47,49)/t30-,40+,42+,43+/m1/s1. The fraction of sp³-hybridized carbons (Fsp3) is 0.182. The third-order valence-electron chi connectivity index (χ3n) is 9.12. The van der Waals surface area contributed by atoms with Crippen molar-refractivity contribution in [3.8, 4) is 22.6 Å². The predicted octanol–water partition coefficient (Wildman–Crippen LogP) is 9.94. The van der Waals surface area contributed by atoms with Crippen LogP contribution in [0.2, 0.25) is 0 Å². The first-order valence-corrected chi connectivity index (χ1v) is 18.6. The number of pyridine rings is 1. The Kier molecular flexibility index (Phi) is 11.8. The number of hydrogen-bond donors (Lipinski definition) is 3. The first kappa shape index (κ1) is 35.9. The van der Waals surface area contributed by atoms with E-state index in [1.54, 1.807) is 18.0 Å². The Balaban J connectivity index is 1.01. The average molecular weight is 724 g/mol. The lowest BCUT2D eigenvalue weighted by Gasteiger charge is -2.41. The van der Waals surface area contributed by atoms with Crippen molar-refractivity contribution in [2.75, 3.05) is 11.1 Å². The summed E-state index contributed by atoms with van der Waals surface area (Å²) in [5, 5.41) is 16.4. The second-order valence-corrected chi connectivity index (χ2v) is 13.9. The molecule has 9 heteroatoms. The van der Waals surface area contributed by atoms with Crippen LogP contribution in [-0.2, 0) is 22.6 Å². The van der Waals surface area contributed by atoms with Gasteiger partial charge in [-0.05, 0) is 88.5 Å². The third kappa shape index (κ3) is 9.51. The number of aromatic nitrogens is 1. The maximum absolute atomic E-state index is 12.8. The second-order valence-electron chi connectivity index (χ2n) is 12.9. The van der Waals surface area contributed by atoms with E-state index >= 15 is 0 Å². The molecule has 5 aromatic carbocycles. The topological polar surface area (TPSA) is 102 Å². The van der Waals surface area contributed by atoms with Crippen molar-refractivity contribution in [1.82, 2.24) is 10.3 Å². The molecule has 6 aromatic rings. The van der Waals surface area contributed by atoms with Gasteiger partial charge in [-0.2, -0.15) is 0 Å². The van der Waals surface area contributed by atoms with Gasteiger partial charge in [0, 0.05) is 35.7 Å². The lowest BCUT2D eigenvalue weighted by molar-refractivity contribution is -0.268. The van der Waals surface area contributed by atoms with Crippen LogP contribution >= 0.6 is 11.8 Å². The van der Waals surface area contributed by atoms with Crippen molar-refractivity contribution in [2.24, 2.45) is 5.92 Å². The number of benzene rings is 5. The molecule has 0 aliphatic carbocycles. The number of anilines is 1. The second kappa shape index (κ2) is 17.4. The van der Waals surface area contributed by atoms with Crippen LogP contribution in [-0.4, -0.2) is 28.0 Å². The number of carbonyl (C=O) groups excluding carboxylic acids is 1. The van der Waals surface area contributed by atoms with Crippen LogP contribution in [0.5, 0.6) is 11.5 Å². The summed E-state index contributed by atoms with van der Waals surface area (Å²) in [6, 6.07) is 46.8. The van der Waals surface area contributed by atoms with Crippen LogP contribution in [0, 0.1) is 5.92 Å². The van der Waals surface area contributed by atoms with Crippen LogP contribution in [0.15, 0.2) is 157 Å². The number of amides is 2. The summed E-state index contributed by atoms with van der Waals surface area (Å²) in [5.41, 5.74) is 6.48. The molecule has 1 aliphatic heterocycles. The molecule has 0 saturated carbocycles. The SMILES string of the molecule is C[C@@H]1[C@H](CSc2ccccn2)O[C@H](c2cccc(-c3cccc(CNC(=O)Nc4ccc(Oc5ccccc5)cc4)c3)c2)O[C@@H]1c1ccc(CO)cc1. The number of ether oxygens (including phenoxy) is 3. The number of hydrogen-bond acceptors (Lipinski definition) is 7. The van der Waals surface area contributed by atoms with Gasteiger partial charge in [0.2, 0.25) is 0 Å². The molecule has 0 spiro atoms. The largest absolute Gasteiger partial charge is 0.457 e. The lowest BCUT2D eigenvalue weighted by Crippen LogP contribution is -2.38. The molecule has 53 heavy (non-hydrogen) atoms. The molecule has 7 rings (SSSR count). The molecule has 0 bridgehead atoms. The smallest absolute Gasteiger partial charge is 0.319 e. The third-order valence-corrected chi connectivity index (χ3v) is 10.2. The molecular formula is C44H41N3O5S. The van der Waals surface area contributed by atoms with Gasteiger partial charge in [-0.25, -0.2) is 9.78 Å². The van der Waals surface area contributed by atoms with Crippen LogP contribution in [0.1, 0.15) is 41.6 Å². The Morgan fingerprint density at radius 2 is 1.49 bits per heavy atom. The number of rotatable bonds is 12. The van der Waals surface area contributed by atoms with Crippen molar-refractivity contribution in [2.45, 2.75) is 43.6 Å². The molecule has 2 amide bonds. The number of urea groups is 1. The summed E-state index contributed by atoms with van der Waals surface area (Å²) in [6.45, 7) is 2.51. The predicted molar refractivity (Wildman–Crippen MR) is 209 cm³/mol. The number of aliphatic hydroxyl groups excluding tert-OH is 1. The molecule has 1 fully saturated rings. The number of nitrogens with zero attached hydrogens (tertiary/aromatic N) is 1. The van der Waals surface area contributed by atoms with Gasteiger partial charge in [-0.1, -0.05) is 91.9 Å². The summed E-state index contributed by atoms with van der Waals surface area (Å²) in [6.07, 6.45) is 0.906. The fourth-order valence-corrected chi connectivity index (χ4v) is 7.25. The summed E-state index contributed by atoms with van der Waals surface area (Å²) in [5.74, 6) is 2.23. The molecule has 0 unspecified atom stereocenters. The lowest BCUT2D eigenvalue weighted by atomic mass is 9.91. The van der Waals surface area contributed by atoms with E-state index in [4.69, 9.17) is 14.2 Å². The van der Waals surface area contributed by atoms with E-state index in [1.165, 1.54) is 0 Å². The van der Waals surface area contributed by atoms with E-state index in [2.05, 4.69) is 46.8 Å². The number of para-hydroxylation sites is 1. The van der Waals surface area contributed by atoms with Gasteiger partial charge in [0.1, 0.15) is 11.5 Å². The van der Waals surface area contributed by atoms with Gasteiger partial charge in [0.15, 0.2) is 6.29 Å². The van der Waals surface area contributed by atoms with E-state index in [0.717, 1.165) is 49.9 Å². The first-order valence-electron chi connectivity index (χ1n) is 17.6. The molecule has 1 saturated heterocycles. The number of carbonyl (C=O) groups is 1. The molecule has 268 valence electrons. The molecule has 1 aromatic heterocycles. The molecular weight excluding hydrogens is 683 g/mol. The highest BCUT2D eigenvalue weighted by atomic mass is 32.2. The van der Waals surface area contributed by atoms with Crippen molar-refractivity contribution >= 4 is 23.5 Å². The van der Waals surface area contributed by atoms with Gasteiger partial charge >= 0.3 is 6.03 Å². The monoisotopic (exact) mass is 723 g/mol. The van der Waals surface area contributed by atoms with E-state index < -0.39 is 6.29 Å². The highest BCUT2D eigenvalue weighted by molar-refractivity contribution is 7.99. The van der Waals surface area contributed by atoms with Gasteiger partial charge in [0.25, 0.3) is 0 Å². The van der Waals surface area contributed by atoms with Crippen LogP contribution in [0.4, 0.5) is 10.5 Å². The maximum atomic E-state index is 12.8. The molecule has 4 atom stereocenters. The van der Waals surface area contributed by atoms with Gasteiger partial charge in [-0.3, -0.25) is 0 Å². The maximum Gasteiger partial charge on any atom is 0.319 e. The first-order chi connectivity index (χ1) is 26.0. The van der Waals surface area contributed by atoms with Gasteiger partial charge in [0.05, 0.1) is 23.8 Å². The molecule has 2 heterocycles. The quantitative estimate of drug-likeness (QED) is 0.108. The number of thioether (sulfide) groups is 1. The van der Waals surface area contributed by atoms with E-state index in [0.29, 0.717) is 18.0 Å². The van der Waals surface area contributed by atoms with E-state index in [1.807, 2.05) is 121 Å². The Hall–Kier alpha value is -5.45. The molecule has 0 radical (unpaired) electrons. The van der Waals surface area contributed by atoms with Crippen LogP contribution in [0.3, 0.4) is 0 Å². The Morgan fingerprint density at radius 1 is 0.755 bits per heavy atom. The average Bonchev–Trinajstić information content (AvgIpc) is 3.21. The zero-order valence-electron chi connectivity index (χ0n) is 29.3. The molecule has 3 N–H and O–H groups in total. The van der Waals surface area contributed by atoms with E-state index in [9.17, 15) is 9.90 Å². The van der Waals surface area contributed by atoms with Crippen molar-refractivity contribution < 1.29 is 24.1 Å². The van der Waals surface area contributed by atoms with E-state index in [-0.39, 0.29) is 30.8 Å². The Bertz CT molecular complexity index is 2080. The minimum Gasteiger partial charge on any atom is -0.457 e. The van der Waals surface area contributed by atoms with Crippen molar-refractivity contribution in [1.29, 1.82) is 0 Å². The summed E-state index contributed by atoms with van der Waals surface area (Å²) >= 11 is 1.68. The Labute approximate surface area is 314 Å². The van der Waals surface area contributed by atoms with Crippen molar-refractivity contribution in [3.63, 3.8) is 0 Å². The Morgan fingerprint density at radius 3 is 2.25 bits per heavy atom. The summed E-state index contributed by atoms with van der Waals surface area (Å²) in [4.78, 5) is 17.3. The van der Waals surface area contributed by atoms with Gasteiger partial charge in [-0.15, -0.1) is 11.8 Å². The highest BCUT2D eigenvalue weighted by Gasteiger charge is 2.38. The van der Waals surface area contributed by atoms with Crippen LogP contribution < -0.4 is 15.4 Å². The minimum absolute atomic E-state index is 0.00578. The zero-order valence-corrected chi connectivity index (χ0v) is 30.1. The zero-order chi connectivity index (χ0) is 36.4. The fourth-order valence-electron chi connectivity index (χ4n) is 6.22. The minimum atomic E-state index is -0.587. The molecule has 8 nitrogen and oxygen atoms in total. The van der Waals surface area contributed by atoms with Crippen molar-refractivity contribution in [3.05, 3.63) is 174 Å². The van der Waals surface area contributed by atoms with Gasteiger partial charge < -0.3 is 30.0 Å². The number of nitrogens with one attached hydrogen (secondary N) is 2. The normalized spacial score (nSPS) is 18.2.